The van der Waals surface area contributed by atoms with E-state index in [1.165, 1.54) is 5.56 Å². The molecule has 0 atom stereocenters. The highest BCUT2D eigenvalue weighted by Crippen LogP contribution is 2.47. The summed E-state index contributed by atoms with van der Waals surface area (Å²) in [6.45, 7) is 8.88. The summed E-state index contributed by atoms with van der Waals surface area (Å²) in [5, 5.41) is 2.94. The van der Waals surface area contributed by atoms with E-state index in [2.05, 4.69) is 44.1 Å². The molecule has 0 aliphatic carbocycles. The first kappa shape index (κ1) is 28.5. The minimum atomic E-state index is -0.307. The monoisotopic (exact) mass is 541 g/mol. The van der Waals surface area contributed by atoms with Crippen molar-refractivity contribution in [2.24, 2.45) is 4.99 Å². The lowest BCUT2D eigenvalue weighted by atomic mass is 9.81. The van der Waals surface area contributed by atoms with Gasteiger partial charge in [0.1, 0.15) is 5.60 Å². The van der Waals surface area contributed by atoms with Crippen LogP contribution in [-0.4, -0.2) is 34.9 Å². The van der Waals surface area contributed by atoms with Crippen LogP contribution in [-0.2, 0) is 19.4 Å². The van der Waals surface area contributed by atoms with Crippen LogP contribution in [0.2, 0.25) is 0 Å². The Bertz CT molecular complexity index is 1320. The highest BCUT2D eigenvalue weighted by molar-refractivity contribution is 6.16. The molecule has 1 amide bonds. The van der Waals surface area contributed by atoms with Crippen LogP contribution < -0.4 is 14.8 Å². The smallest absolute Gasteiger partial charge is 0.251 e. The number of carbonyl (C=O) groups is 1. The second-order valence-electron chi connectivity index (χ2n) is 10.5. The molecule has 0 bridgehead atoms. The summed E-state index contributed by atoms with van der Waals surface area (Å²) in [4.78, 5) is 22.1. The third kappa shape index (κ3) is 5.76. The number of aliphatic imine (C=N–C) groups is 1. The van der Waals surface area contributed by atoms with Crippen LogP contribution in [0.1, 0.15) is 66.0 Å². The standard InChI is InChI=1S/C29H31N3O3.2ClH/c1-28(2)15-20-14-23(34-5)26-22(16-29(3,4)35-26)24(20)25(32-28)18-9-11-19(12-10-18)27(33)31-17-21-8-6-7-13-30-21;;/h6-14H,15-17H2,1-5H3,(H,31,33);2*1H. The molecule has 6 nitrogen and oxygen atoms in total. The van der Waals surface area contributed by atoms with E-state index in [9.17, 15) is 4.79 Å². The number of amides is 1. The van der Waals surface area contributed by atoms with E-state index < -0.39 is 0 Å². The largest absolute Gasteiger partial charge is 0.493 e. The Morgan fingerprint density at radius 1 is 1.05 bits per heavy atom. The molecule has 0 saturated carbocycles. The van der Waals surface area contributed by atoms with Gasteiger partial charge in [-0.3, -0.25) is 14.8 Å². The number of fused-ring (bicyclic) bond motifs is 3. The zero-order valence-electron chi connectivity index (χ0n) is 21.8. The predicted molar refractivity (Wildman–Crippen MR) is 151 cm³/mol. The minimum Gasteiger partial charge on any atom is -0.493 e. The Kier molecular flexibility index (Phi) is 8.25. The molecule has 1 aromatic heterocycles. The number of benzene rings is 2. The maximum Gasteiger partial charge on any atom is 0.251 e. The van der Waals surface area contributed by atoms with Gasteiger partial charge in [-0.2, -0.15) is 0 Å². The lowest BCUT2D eigenvalue weighted by Crippen LogP contribution is -2.30. The summed E-state index contributed by atoms with van der Waals surface area (Å²) in [5.41, 5.74) is 6.29. The second-order valence-corrected chi connectivity index (χ2v) is 10.5. The predicted octanol–water partition coefficient (Wildman–Crippen LogP) is 5.75. The maximum absolute atomic E-state index is 12.7. The van der Waals surface area contributed by atoms with Crippen LogP contribution in [0.15, 0.2) is 59.7 Å². The van der Waals surface area contributed by atoms with Crippen molar-refractivity contribution in [3.8, 4) is 11.5 Å². The fourth-order valence-electron chi connectivity index (χ4n) is 4.98. The van der Waals surface area contributed by atoms with Gasteiger partial charge in [0.2, 0.25) is 0 Å². The number of methoxy groups -OCH3 is 1. The summed E-state index contributed by atoms with van der Waals surface area (Å²) >= 11 is 0. The maximum atomic E-state index is 12.7. The summed E-state index contributed by atoms with van der Waals surface area (Å²) in [6, 6.07) is 15.4. The topological polar surface area (TPSA) is 72.8 Å². The van der Waals surface area contributed by atoms with Crippen molar-refractivity contribution in [1.82, 2.24) is 10.3 Å². The zero-order chi connectivity index (χ0) is 24.8. The number of aromatic nitrogens is 1. The van der Waals surface area contributed by atoms with Crippen molar-refractivity contribution in [3.63, 3.8) is 0 Å². The normalized spacial score (nSPS) is 16.1. The molecular weight excluding hydrogens is 509 g/mol. The molecule has 0 unspecified atom stereocenters. The SMILES string of the molecule is COc1cc2c(c3c1OC(C)(C)C3)C(c1ccc(C(=O)NCc3ccccn3)cc1)=NC(C)(C)C2.Cl.Cl. The summed E-state index contributed by atoms with van der Waals surface area (Å²) < 4.78 is 12.0. The number of carbonyl (C=O) groups excluding carboxylic acids is 1. The third-order valence-corrected chi connectivity index (χ3v) is 6.48. The van der Waals surface area contributed by atoms with Crippen molar-refractivity contribution in [2.45, 2.75) is 58.2 Å². The van der Waals surface area contributed by atoms with E-state index in [1.807, 2.05) is 42.5 Å². The lowest BCUT2D eigenvalue weighted by molar-refractivity contribution is 0.0950. The Morgan fingerprint density at radius 3 is 2.43 bits per heavy atom. The highest BCUT2D eigenvalue weighted by atomic mass is 35.5. The molecule has 3 heterocycles. The molecule has 8 heteroatoms. The average Bonchev–Trinajstić information content (AvgIpc) is 3.16. The van der Waals surface area contributed by atoms with Gasteiger partial charge in [0.05, 0.1) is 30.6 Å². The first-order chi connectivity index (χ1) is 16.7. The molecule has 0 saturated heterocycles. The quantitative estimate of drug-likeness (QED) is 0.446. The molecule has 3 aromatic rings. The summed E-state index contributed by atoms with van der Waals surface area (Å²) in [6.07, 6.45) is 3.33. The zero-order valence-corrected chi connectivity index (χ0v) is 23.4. The van der Waals surface area contributed by atoms with Crippen LogP contribution in [0.4, 0.5) is 0 Å². The molecular formula is C29H33Cl2N3O3. The fraction of sp³-hybridized carbons (Fsp3) is 0.345. The second kappa shape index (κ2) is 10.7. The van der Waals surface area contributed by atoms with Crippen molar-refractivity contribution < 1.29 is 14.3 Å². The third-order valence-electron chi connectivity index (χ3n) is 6.48. The van der Waals surface area contributed by atoms with Crippen LogP contribution in [0.5, 0.6) is 11.5 Å². The molecule has 0 radical (unpaired) electrons. The molecule has 5 rings (SSSR count). The Morgan fingerprint density at radius 2 is 1.78 bits per heavy atom. The molecule has 196 valence electrons. The van der Waals surface area contributed by atoms with Gasteiger partial charge in [0, 0.05) is 34.9 Å². The number of rotatable bonds is 5. The van der Waals surface area contributed by atoms with Gasteiger partial charge >= 0.3 is 0 Å². The lowest BCUT2D eigenvalue weighted by Gasteiger charge is -2.31. The molecule has 0 spiro atoms. The van der Waals surface area contributed by atoms with Crippen molar-refractivity contribution in [2.75, 3.05) is 7.11 Å². The molecule has 2 aliphatic rings. The van der Waals surface area contributed by atoms with Gasteiger partial charge in [0.15, 0.2) is 11.5 Å². The highest BCUT2D eigenvalue weighted by Gasteiger charge is 2.39. The van der Waals surface area contributed by atoms with E-state index in [4.69, 9.17) is 14.5 Å². The Hall–Kier alpha value is -3.09. The number of pyridine rings is 1. The van der Waals surface area contributed by atoms with Crippen LogP contribution in [0.3, 0.4) is 0 Å². The average molecular weight is 543 g/mol. The molecule has 2 aliphatic heterocycles. The Balaban J connectivity index is 0.00000190. The number of hydrogen-bond acceptors (Lipinski definition) is 5. The van der Waals surface area contributed by atoms with Crippen molar-refractivity contribution in [1.29, 1.82) is 0 Å². The minimum absolute atomic E-state index is 0. The van der Waals surface area contributed by atoms with Crippen molar-refractivity contribution >= 4 is 36.4 Å². The van der Waals surface area contributed by atoms with E-state index >= 15 is 0 Å². The number of ether oxygens (including phenoxy) is 2. The fourth-order valence-corrected chi connectivity index (χ4v) is 4.98. The number of hydrogen-bond donors (Lipinski definition) is 1. The molecule has 37 heavy (non-hydrogen) atoms. The van der Waals surface area contributed by atoms with E-state index in [0.717, 1.165) is 52.4 Å². The number of nitrogens with zero attached hydrogens (tertiary/aromatic N) is 2. The van der Waals surface area contributed by atoms with Gasteiger partial charge in [-0.1, -0.05) is 18.2 Å². The molecule has 1 N–H and O–H groups in total. The van der Waals surface area contributed by atoms with Crippen LogP contribution >= 0.6 is 24.8 Å². The van der Waals surface area contributed by atoms with Gasteiger partial charge < -0.3 is 14.8 Å². The summed E-state index contributed by atoms with van der Waals surface area (Å²) in [7, 11) is 1.69. The van der Waals surface area contributed by atoms with E-state index in [0.29, 0.717) is 12.1 Å². The van der Waals surface area contributed by atoms with Gasteiger partial charge in [-0.25, -0.2) is 0 Å². The first-order valence-electron chi connectivity index (χ1n) is 12.0. The van der Waals surface area contributed by atoms with Crippen molar-refractivity contribution in [3.05, 3.63) is 88.2 Å². The Labute approximate surface area is 230 Å². The van der Waals surface area contributed by atoms with Crippen LogP contribution in [0, 0.1) is 0 Å². The first-order valence-corrected chi connectivity index (χ1v) is 12.0. The number of nitrogens with one attached hydrogen (secondary N) is 1. The molecule has 2 aromatic carbocycles. The van der Waals surface area contributed by atoms with Gasteiger partial charge in [-0.15, -0.1) is 24.8 Å². The number of halogens is 2. The van der Waals surface area contributed by atoms with E-state index in [1.54, 1.807) is 13.3 Å². The van der Waals surface area contributed by atoms with E-state index in [-0.39, 0.29) is 41.9 Å². The van der Waals surface area contributed by atoms with Gasteiger partial charge in [-0.05, 0) is 70.0 Å². The molecule has 0 fully saturated rings. The van der Waals surface area contributed by atoms with Gasteiger partial charge in [0.25, 0.3) is 5.91 Å². The summed E-state index contributed by atoms with van der Waals surface area (Å²) in [5.74, 6) is 1.46. The van der Waals surface area contributed by atoms with Crippen LogP contribution in [0.25, 0.3) is 0 Å².